The summed E-state index contributed by atoms with van der Waals surface area (Å²) < 4.78 is 12.0. The van der Waals surface area contributed by atoms with Gasteiger partial charge in [0.15, 0.2) is 5.78 Å². The number of hydrogen-bond acceptors (Lipinski definition) is 5. The van der Waals surface area contributed by atoms with Crippen LogP contribution in [0.4, 0.5) is 5.69 Å². The molecule has 1 amide bonds. The minimum Gasteiger partial charge on any atom is -0.459 e. The molecule has 1 aromatic rings. The second-order valence-corrected chi connectivity index (χ2v) is 12.0. The molecule has 0 aliphatic carbocycles. The summed E-state index contributed by atoms with van der Waals surface area (Å²) in [5, 5.41) is 2.74. The Bertz CT molecular complexity index is 845. The highest BCUT2D eigenvalue weighted by Gasteiger charge is 2.59. The van der Waals surface area contributed by atoms with Crippen molar-refractivity contribution in [3.8, 4) is 0 Å². The topological polar surface area (TPSA) is 81.7 Å². The molecule has 0 saturated heterocycles. The Labute approximate surface area is 238 Å². The van der Waals surface area contributed by atoms with Gasteiger partial charge in [-0.3, -0.25) is 9.59 Å². The van der Waals surface area contributed by atoms with Crippen molar-refractivity contribution in [2.24, 2.45) is 5.41 Å². The van der Waals surface area contributed by atoms with Gasteiger partial charge in [-0.2, -0.15) is 0 Å². The number of esters is 1. The third-order valence-electron chi connectivity index (χ3n) is 6.84. The minimum absolute atomic E-state index is 0.366. The molecule has 0 aromatic heterocycles. The molecule has 0 fully saturated rings. The first-order valence-electron chi connectivity index (χ1n) is 15.3. The van der Waals surface area contributed by atoms with Crippen molar-refractivity contribution < 1.29 is 23.9 Å². The summed E-state index contributed by atoms with van der Waals surface area (Å²) in [7, 11) is 0. The average molecular weight is 546 g/mol. The van der Waals surface area contributed by atoms with Crippen molar-refractivity contribution in [2.75, 3.05) is 5.32 Å². The van der Waals surface area contributed by atoms with Crippen LogP contribution in [0.2, 0.25) is 0 Å². The Morgan fingerprint density at radius 2 is 1.28 bits per heavy atom. The monoisotopic (exact) mass is 545 g/mol. The molecule has 0 bridgehead atoms. The second-order valence-electron chi connectivity index (χ2n) is 12.0. The Morgan fingerprint density at radius 1 is 0.769 bits per heavy atom. The summed E-state index contributed by atoms with van der Waals surface area (Å²) in [4.78, 5) is 41.5. The van der Waals surface area contributed by atoms with Crippen LogP contribution in [0.15, 0.2) is 30.3 Å². The number of rotatable bonds is 20. The number of anilines is 1. The molecule has 0 aliphatic rings. The predicted molar refractivity (Wildman–Crippen MR) is 160 cm³/mol. The van der Waals surface area contributed by atoms with Crippen molar-refractivity contribution in [1.82, 2.24) is 0 Å². The molecule has 0 aliphatic heterocycles. The van der Waals surface area contributed by atoms with Crippen LogP contribution in [-0.2, 0) is 23.9 Å². The summed E-state index contributed by atoms with van der Waals surface area (Å²) >= 11 is 0. The summed E-state index contributed by atoms with van der Waals surface area (Å²) in [6.45, 7) is 12.8. The zero-order chi connectivity index (χ0) is 29.3. The highest BCUT2D eigenvalue weighted by Crippen LogP contribution is 2.31. The van der Waals surface area contributed by atoms with Crippen molar-refractivity contribution >= 4 is 23.3 Å². The smallest absolute Gasteiger partial charge is 0.356 e. The first kappa shape index (κ1) is 34.8. The quantitative estimate of drug-likeness (QED) is 0.101. The standard InChI is InChI=1S/C33H55NO5/c1-8-10-12-13-14-15-16-17-21-25-28(24-11-9-2)38-31(37)33(39-26(3)4,29(35)32(5,6)7)30(36)34-27-22-19-18-20-23-27/h18-20,22-23,26,28H,8-17,21,24-25H2,1-7H3,(H,34,36). The van der Waals surface area contributed by atoms with Gasteiger partial charge in [0.25, 0.3) is 5.91 Å². The number of Topliss-reactive ketones (excluding diaryl/α,β-unsaturated/α-hetero) is 1. The number of nitrogens with one attached hydrogen (secondary N) is 1. The maximum atomic E-state index is 13.9. The highest BCUT2D eigenvalue weighted by molar-refractivity contribution is 6.29. The molecule has 39 heavy (non-hydrogen) atoms. The molecule has 2 unspecified atom stereocenters. The zero-order valence-corrected chi connectivity index (χ0v) is 25.8. The predicted octanol–water partition coefficient (Wildman–Crippen LogP) is 8.43. The fourth-order valence-corrected chi connectivity index (χ4v) is 4.68. The minimum atomic E-state index is -2.40. The molecule has 1 aromatic carbocycles. The van der Waals surface area contributed by atoms with Gasteiger partial charge in [-0.25, -0.2) is 4.79 Å². The van der Waals surface area contributed by atoms with E-state index in [9.17, 15) is 14.4 Å². The number of benzene rings is 1. The molecule has 222 valence electrons. The molecule has 1 N–H and O–H groups in total. The van der Waals surface area contributed by atoms with Crippen molar-refractivity contribution in [3.63, 3.8) is 0 Å². The van der Waals surface area contributed by atoms with Gasteiger partial charge < -0.3 is 14.8 Å². The van der Waals surface area contributed by atoms with E-state index in [0.29, 0.717) is 18.5 Å². The van der Waals surface area contributed by atoms with E-state index in [-0.39, 0.29) is 6.10 Å². The van der Waals surface area contributed by atoms with E-state index in [0.717, 1.165) is 25.7 Å². The summed E-state index contributed by atoms with van der Waals surface area (Å²) in [6.07, 6.45) is 13.2. The average Bonchev–Trinajstić information content (AvgIpc) is 2.88. The maximum Gasteiger partial charge on any atom is 0.356 e. The van der Waals surface area contributed by atoms with Gasteiger partial charge in [-0.1, -0.05) is 117 Å². The summed E-state index contributed by atoms with van der Waals surface area (Å²) in [5.41, 5.74) is -2.94. The van der Waals surface area contributed by atoms with Crippen LogP contribution in [0.5, 0.6) is 0 Å². The molecule has 0 saturated carbocycles. The fraction of sp³-hybridized carbons (Fsp3) is 0.727. The van der Waals surface area contributed by atoms with E-state index in [1.165, 1.54) is 44.9 Å². The molecule has 6 nitrogen and oxygen atoms in total. The summed E-state index contributed by atoms with van der Waals surface area (Å²) in [6, 6.07) is 8.79. The van der Waals surface area contributed by atoms with E-state index in [4.69, 9.17) is 9.47 Å². The van der Waals surface area contributed by atoms with Crippen LogP contribution in [0.25, 0.3) is 0 Å². The van der Waals surface area contributed by atoms with Gasteiger partial charge in [-0.05, 0) is 45.2 Å². The maximum absolute atomic E-state index is 13.9. The first-order valence-corrected chi connectivity index (χ1v) is 15.3. The van der Waals surface area contributed by atoms with Crippen LogP contribution < -0.4 is 5.32 Å². The first-order chi connectivity index (χ1) is 18.5. The van der Waals surface area contributed by atoms with Gasteiger partial charge in [0, 0.05) is 11.1 Å². The molecular formula is C33H55NO5. The van der Waals surface area contributed by atoms with Crippen molar-refractivity contribution in [2.45, 2.75) is 150 Å². The van der Waals surface area contributed by atoms with Crippen LogP contribution >= 0.6 is 0 Å². The Morgan fingerprint density at radius 3 is 1.79 bits per heavy atom. The molecule has 1 rings (SSSR count). The van der Waals surface area contributed by atoms with Crippen LogP contribution in [0, 0.1) is 5.41 Å². The number of amides is 1. The lowest BCUT2D eigenvalue weighted by Gasteiger charge is -2.36. The van der Waals surface area contributed by atoms with E-state index < -0.39 is 34.8 Å². The molecular weight excluding hydrogens is 490 g/mol. The lowest BCUT2D eigenvalue weighted by molar-refractivity contribution is -0.191. The molecule has 0 spiro atoms. The zero-order valence-electron chi connectivity index (χ0n) is 25.8. The van der Waals surface area contributed by atoms with Gasteiger partial charge >= 0.3 is 11.6 Å². The second kappa shape index (κ2) is 18.2. The van der Waals surface area contributed by atoms with Gasteiger partial charge in [0.2, 0.25) is 0 Å². The highest BCUT2D eigenvalue weighted by atomic mass is 16.6. The Balaban J connectivity index is 3.08. The Hall–Kier alpha value is -2.21. The normalized spacial score (nSPS) is 14.1. The third-order valence-corrected chi connectivity index (χ3v) is 6.84. The van der Waals surface area contributed by atoms with Crippen LogP contribution in [0.3, 0.4) is 0 Å². The summed E-state index contributed by atoms with van der Waals surface area (Å²) in [5.74, 6) is -2.34. The number of para-hydroxylation sites is 1. The third kappa shape index (κ3) is 12.2. The van der Waals surface area contributed by atoms with E-state index in [1.807, 2.05) is 6.07 Å². The number of carbonyl (C=O) groups is 3. The number of hydrogen-bond donors (Lipinski definition) is 1. The molecule has 6 heteroatoms. The van der Waals surface area contributed by atoms with E-state index >= 15 is 0 Å². The van der Waals surface area contributed by atoms with Crippen molar-refractivity contribution in [3.05, 3.63) is 30.3 Å². The van der Waals surface area contributed by atoms with Gasteiger partial charge in [0.1, 0.15) is 6.10 Å². The number of unbranched alkanes of at least 4 members (excludes halogenated alkanes) is 9. The number of carbonyl (C=O) groups excluding carboxylic acids is 3. The lowest BCUT2D eigenvalue weighted by atomic mass is 9.79. The molecule has 0 heterocycles. The number of ether oxygens (including phenoxy) is 2. The molecule has 2 atom stereocenters. The largest absolute Gasteiger partial charge is 0.459 e. The van der Waals surface area contributed by atoms with Gasteiger partial charge in [0.05, 0.1) is 6.10 Å². The Kier molecular flexibility index (Phi) is 16.2. The number of ketones is 1. The van der Waals surface area contributed by atoms with Gasteiger partial charge in [-0.15, -0.1) is 0 Å². The SMILES string of the molecule is CCCCCCCCCCCC(CCCC)OC(=O)C(OC(C)C)(C(=O)Nc1ccccc1)C(=O)C(C)(C)C. The van der Waals surface area contributed by atoms with Crippen molar-refractivity contribution in [1.29, 1.82) is 0 Å². The van der Waals surface area contributed by atoms with E-state index in [1.54, 1.807) is 58.9 Å². The van der Waals surface area contributed by atoms with E-state index in [2.05, 4.69) is 19.2 Å². The lowest BCUT2D eigenvalue weighted by Crippen LogP contribution is -2.63. The molecule has 0 radical (unpaired) electrons. The van der Waals surface area contributed by atoms with Crippen LogP contribution in [0.1, 0.15) is 132 Å². The fourth-order valence-electron chi connectivity index (χ4n) is 4.68. The van der Waals surface area contributed by atoms with Crippen LogP contribution in [-0.4, -0.2) is 35.5 Å².